The van der Waals surface area contributed by atoms with Crippen molar-refractivity contribution in [2.45, 2.75) is 19.5 Å². The Labute approximate surface area is 113 Å². The van der Waals surface area contributed by atoms with E-state index in [2.05, 4.69) is 22.0 Å². The highest BCUT2D eigenvalue weighted by molar-refractivity contribution is 5.81. The maximum absolute atomic E-state index is 12.5. The zero-order chi connectivity index (χ0) is 13.8. The molecule has 0 aliphatic carbocycles. The fourth-order valence-electron chi connectivity index (χ4n) is 2.24. The minimum absolute atomic E-state index is 0.0737. The highest BCUT2D eigenvalue weighted by Crippen LogP contribution is 2.10. The number of hydrogen-bond donors (Lipinski definition) is 0. The number of carbonyl (C=O) groups excluding carboxylic acids is 1. The van der Waals surface area contributed by atoms with Gasteiger partial charge in [-0.1, -0.05) is 6.92 Å². The van der Waals surface area contributed by atoms with Crippen molar-refractivity contribution in [3.63, 3.8) is 0 Å². The number of amides is 1. The van der Waals surface area contributed by atoms with Crippen LogP contribution < -0.4 is 0 Å². The van der Waals surface area contributed by atoms with E-state index < -0.39 is 0 Å². The largest absolute Gasteiger partial charge is 0.378 e. The standard InChI is InChI=1S/C12H21N5O2/c1-4-17-5-6-19-8-10(17)12(18)15(2)7-11-14-13-9-16(11)3/h9-10H,4-8H2,1-3H3. The molecule has 1 amide bonds. The molecular formula is C12H21N5O2. The molecule has 0 saturated carbocycles. The van der Waals surface area contributed by atoms with Crippen LogP contribution in [0.2, 0.25) is 0 Å². The van der Waals surface area contributed by atoms with Gasteiger partial charge in [0.1, 0.15) is 12.4 Å². The number of ether oxygens (including phenoxy) is 1. The molecule has 1 aromatic rings. The van der Waals surface area contributed by atoms with Gasteiger partial charge in [-0.3, -0.25) is 9.69 Å². The average Bonchev–Trinajstić information content (AvgIpc) is 2.83. The Balaban J connectivity index is 2.00. The summed E-state index contributed by atoms with van der Waals surface area (Å²) in [6.07, 6.45) is 1.63. The highest BCUT2D eigenvalue weighted by Gasteiger charge is 2.30. The Morgan fingerprint density at radius 3 is 3.05 bits per heavy atom. The van der Waals surface area contributed by atoms with Crippen molar-refractivity contribution in [2.24, 2.45) is 7.05 Å². The van der Waals surface area contributed by atoms with E-state index in [0.717, 1.165) is 18.9 Å². The third-order valence-corrected chi connectivity index (χ3v) is 3.49. The molecule has 7 nitrogen and oxygen atoms in total. The minimum atomic E-state index is -0.183. The van der Waals surface area contributed by atoms with Crippen LogP contribution in [0.3, 0.4) is 0 Å². The van der Waals surface area contributed by atoms with Crippen LogP contribution >= 0.6 is 0 Å². The van der Waals surface area contributed by atoms with Crippen LogP contribution in [0.25, 0.3) is 0 Å². The number of aromatic nitrogens is 3. The molecule has 106 valence electrons. The van der Waals surface area contributed by atoms with E-state index in [9.17, 15) is 4.79 Å². The summed E-state index contributed by atoms with van der Waals surface area (Å²) < 4.78 is 7.24. The Morgan fingerprint density at radius 2 is 2.42 bits per heavy atom. The first-order chi connectivity index (χ1) is 9.13. The molecule has 7 heteroatoms. The molecule has 0 N–H and O–H groups in total. The summed E-state index contributed by atoms with van der Waals surface area (Å²) in [6.45, 7) is 5.36. The lowest BCUT2D eigenvalue weighted by atomic mass is 10.2. The minimum Gasteiger partial charge on any atom is -0.378 e. The molecule has 1 aromatic heterocycles. The Bertz CT molecular complexity index is 434. The van der Waals surface area contributed by atoms with E-state index in [1.165, 1.54) is 0 Å². The molecule has 0 aromatic carbocycles. The van der Waals surface area contributed by atoms with Crippen molar-refractivity contribution in [3.8, 4) is 0 Å². The Hall–Kier alpha value is -1.47. The first kappa shape index (κ1) is 14.0. The summed E-state index contributed by atoms with van der Waals surface area (Å²) in [4.78, 5) is 16.3. The van der Waals surface area contributed by atoms with Gasteiger partial charge in [0, 0.05) is 20.6 Å². The molecule has 2 heterocycles. The molecule has 19 heavy (non-hydrogen) atoms. The second kappa shape index (κ2) is 6.12. The van der Waals surface area contributed by atoms with E-state index in [1.54, 1.807) is 18.3 Å². The zero-order valence-corrected chi connectivity index (χ0v) is 11.7. The lowest BCUT2D eigenvalue weighted by Gasteiger charge is -2.35. The van der Waals surface area contributed by atoms with Crippen LogP contribution in [-0.2, 0) is 23.1 Å². The quantitative estimate of drug-likeness (QED) is 0.735. The van der Waals surface area contributed by atoms with Gasteiger partial charge in [-0.15, -0.1) is 10.2 Å². The molecule has 1 aliphatic heterocycles. The fraction of sp³-hybridized carbons (Fsp3) is 0.750. The third kappa shape index (κ3) is 3.10. The second-order valence-corrected chi connectivity index (χ2v) is 4.77. The Kier molecular flexibility index (Phi) is 4.49. The van der Waals surface area contributed by atoms with Crippen molar-refractivity contribution in [3.05, 3.63) is 12.2 Å². The van der Waals surface area contributed by atoms with Crippen LogP contribution in [0.5, 0.6) is 0 Å². The summed E-state index contributed by atoms with van der Waals surface area (Å²) in [5, 5.41) is 7.81. The van der Waals surface area contributed by atoms with Crippen molar-refractivity contribution >= 4 is 5.91 Å². The molecule has 1 fully saturated rings. The number of morpholine rings is 1. The number of rotatable bonds is 4. The lowest BCUT2D eigenvalue weighted by molar-refractivity contribution is -0.142. The van der Waals surface area contributed by atoms with Crippen LogP contribution in [0, 0.1) is 0 Å². The molecule has 2 rings (SSSR count). The van der Waals surface area contributed by atoms with Crippen molar-refractivity contribution < 1.29 is 9.53 Å². The predicted octanol–water partition coefficient (Wildman–Crippen LogP) is -0.506. The summed E-state index contributed by atoms with van der Waals surface area (Å²) in [7, 11) is 3.66. The van der Waals surface area contributed by atoms with Crippen LogP contribution in [0.1, 0.15) is 12.7 Å². The van der Waals surface area contributed by atoms with Gasteiger partial charge in [-0.25, -0.2) is 0 Å². The van der Waals surface area contributed by atoms with Crippen molar-refractivity contribution in [1.82, 2.24) is 24.6 Å². The van der Waals surface area contributed by atoms with E-state index in [1.807, 2.05) is 11.6 Å². The Morgan fingerprint density at radius 1 is 1.63 bits per heavy atom. The summed E-state index contributed by atoms with van der Waals surface area (Å²) in [5.74, 6) is 0.847. The number of likely N-dealkylation sites (N-methyl/N-ethyl adjacent to an activating group) is 2. The maximum atomic E-state index is 12.5. The predicted molar refractivity (Wildman–Crippen MR) is 69.3 cm³/mol. The van der Waals surface area contributed by atoms with Gasteiger partial charge in [0.25, 0.3) is 0 Å². The van der Waals surface area contributed by atoms with Crippen LogP contribution in [0.4, 0.5) is 0 Å². The van der Waals surface area contributed by atoms with Crippen LogP contribution in [0.15, 0.2) is 6.33 Å². The fourth-order valence-corrected chi connectivity index (χ4v) is 2.24. The number of aryl methyl sites for hydroxylation is 1. The molecule has 0 spiro atoms. The number of nitrogens with zero attached hydrogens (tertiary/aromatic N) is 5. The lowest BCUT2D eigenvalue weighted by Crippen LogP contribution is -2.53. The van der Waals surface area contributed by atoms with E-state index >= 15 is 0 Å². The van der Waals surface area contributed by atoms with E-state index in [4.69, 9.17) is 4.74 Å². The number of hydrogen-bond acceptors (Lipinski definition) is 5. The van der Waals surface area contributed by atoms with Gasteiger partial charge in [0.2, 0.25) is 5.91 Å². The molecule has 0 radical (unpaired) electrons. The molecule has 1 unspecified atom stereocenters. The van der Waals surface area contributed by atoms with Gasteiger partial charge >= 0.3 is 0 Å². The van der Waals surface area contributed by atoms with E-state index in [-0.39, 0.29) is 11.9 Å². The third-order valence-electron chi connectivity index (χ3n) is 3.49. The molecule has 0 bridgehead atoms. The molecular weight excluding hydrogens is 246 g/mol. The highest BCUT2D eigenvalue weighted by atomic mass is 16.5. The summed E-state index contributed by atoms with van der Waals surface area (Å²) >= 11 is 0. The summed E-state index contributed by atoms with van der Waals surface area (Å²) in [6, 6.07) is -0.183. The van der Waals surface area contributed by atoms with Gasteiger partial charge in [-0.2, -0.15) is 0 Å². The number of carbonyl (C=O) groups is 1. The first-order valence-corrected chi connectivity index (χ1v) is 6.53. The maximum Gasteiger partial charge on any atom is 0.242 e. The molecule has 1 saturated heterocycles. The first-order valence-electron chi connectivity index (χ1n) is 6.53. The molecule has 1 atom stereocenters. The molecule has 1 aliphatic rings. The van der Waals surface area contributed by atoms with Gasteiger partial charge < -0.3 is 14.2 Å². The zero-order valence-electron chi connectivity index (χ0n) is 11.7. The van der Waals surface area contributed by atoms with Crippen LogP contribution in [-0.4, -0.2) is 69.9 Å². The summed E-state index contributed by atoms with van der Waals surface area (Å²) in [5.41, 5.74) is 0. The monoisotopic (exact) mass is 267 g/mol. The van der Waals surface area contributed by atoms with E-state index in [0.29, 0.717) is 19.8 Å². The van der Waals surface area contributed by atoms with Gasteiger partial charge in [0.15, 0.2) is 5.82 Å². The van der Waals surface area contributed by atoms with Crippen molar-refractivity contribution in [2.75, 3.05) is 33.4 Å². The normalized spacial score (nSPS) is 20.5. The SMILES string of the molecule is CCN1CCOCC1C(=O)N(C)Cc1nncn1C. The topological polar surface area (TPSA) is 63.5 Å². The van der Waals surface area contributed by atoms with Gasteiger partial charge in [0.05, 0.1) is 19.8 Å². The van der Waals surface area contributed by atoms with Gasteiger partial charge in [-0.05, 0) is 6.54 Å². The van der Waals surface area contributed by atoms with Crippen molar-refractivity contribution in [1.29, 1.82) is 0 Å². The average molecular weight is 267 g/mol. The second-order valence-electron chi connectivity index (χ2n) is 4.77. The smallest absolute Gasteiger partial charge is 0.242 e.